The second-order valence-electron chi connectivity index (χ2n) is 6.39. The van der Waals surface area contributed by atoms with Crippen LogP contribution in [-0.2, 0) is 19.1 Å². The maximum atomic E-state index is 12.0. The van der Waals surface area contributed by atoms with E-state index in [1.165, 1.54) is 0 Å². The molecular weight excluding hydrogens is 220 g/mol. The molecule has 3 fully saturated rings. The van der Waals surface area contributed by atoms with Crippen LogP contribution in [0, 0.1) is 11.3 Å². The minimum absolute atomic E-state index is 0.0430. The van der Waals surface area contributed by atoms with Crippen molar-refractivity contribution in [2.24, 2.45) is 11.3 Å². The summed E-state index contributed by atoms with van der Waals surface area (Å²) >= 11 is 0. The lowest BCUT2D eigenvalue weighted by molar-refractivity contribution is -0.144. The van der Waals surface area contributed by atoms with Crippen LogP contribution in [0.5, 0.6) is 0 Å². The number of ketones is 2. The van der Waals surface area contributed by atoms with Gasteiger partial charge in [0.25, 0.3) is 0 Å². The SMILES string of the molecule is CC1(C)CO[C@@H]2C(=O)CC3CC(=O)C[C@]32OC1. The summed E-state index contributed by atoms with van der Waals surface area (Å²) < 4.78 is 11.8. The maximum absolute atomic E-state index is 12.0. The van der Waals surface area contributed by atoms with E-state index in [1.54, 1.807) is 0 Å². The van der Waals surface area contributed by atoms with Gasteiger partial charge in [-0.15, -0.1) is 0 Å². The van der Waals surface area contributed by atoms with Gasteiger partial charge in [-0.05, 0) is 0 Å². The predicted molar refractivity (Wildman–Crippen MR) is 59.6 cm³/mol. The molecule has 1 heterocycles. The van der Waals surface area contributed by atoms with Crippen LogP contribution in [0.2, 0.25) is 0 Å². The molecule has 0 aromatic heterocycles. The molecule has 3 atom stereocenters. The third kappa shape index (κ3) is 1.58. The zero-order chi connectivity index (χ0) is 12.3. The molecule has 0 bridgehead atoms. The van der Waals surface area contributed by atoms with Crippen LogP contribution in [-0.4, -0.2) is 36.5 Å². The average molecular weight is 238 g/mol. The lowest BCUT2D eigenvalue weighted by Gasteiger charge is -2.31. The number of carbonyl (C=O) groups is 2. The monoisotopic (exact) mass is 238 g/mol. The van der Waals surface area contributed by atoms with E-state index in [0.717, 1.165) is 0 Å². The van der Waals surface area contributed by atoms with Crippen LogP contribution in [0.3, 0.4) is 0 Å². The summed E-state index contributed by atoms with van der Waals surface area (Å²) in [6.07, 6.45) is 0.758. The predicted octanol–water partition coefficient (Wildman–Crippen LogP) is 1.12. The molecule has 1 spiro atoms. The molecule has 1 unspecified atom stereocenters. The van der Waals surface area contributed by atoms with Crippen molar-refractivity contribution >= 4 is 11.6 Å². The third-order valence-corrected chi connectivity index (χ3v) is 4.19. The fourth-order valence-electron chi connectivity index (χ4n) is 3.31. The van der Waals surface area contributed by atoms with Crippen LogP contribution in [0.1, 0.15) is 33.1 Å². The summed E-state index contributed by atoms with van der Waals surface area (Å²) in [7, 11) is 0. The Morgan fingerprint density at radius 3 is 2.71 bits per heavy atom. The number of hydrogen-bond acceptors (Lipinski definition) is 4. The van der Waals surface area contributed by atoms with Crippen LogP contribution >= 0.6 is 0 Å². The number of rotatable bonds is 0. The first-order valence-electron chi connectivity index (χ1n) is 6.23. The standard InChI is InChI=1S/C13H18O4/c1-12(2)6-16-11-10(15)4-8-3-9(14)5-13(8,11)17-7-12/h8,11H,3-7H2,1-2H3/t8?,11-,13+/m1/s1. The Hall–Kier alpha value is -0.740. The first-order chi connectivity index (χ1) is 7.93. The Morgan fingerprint density at radius 2 is 1.94 bits per heavy atom. The summed E-state index contributed by atoms with van der Waals surface area (Å²) in [5, 5.41) is 0. The van der Waals surface area contributed by atoms with Crippen molar-refractivity contribution in [2.45, 2.75) is 44.8 Å². The van der Waals surface area contributed by atoms with E-state index in [1.807, 2.05) is 0 Å². The Kier molecular flexibility index (Phi) is 2.26. The molecular formula is C13H18O4. The van der Waals surface area contributed by atoms with Crippen molar-refractivity contribution in [3.8, 4) is 0 Å². The van der Waals surface area contributed by atoms with Crippen molar-refractivity contribution in [2.75, 3.05) is 13.2 Å². The van der Waals surface area contributed by atoms with Gasteiger partial charge < -0.3 is 9.47 Å². The van der Waals surface area contributed by atoms with Gasteiger partial charge in [0.15, 0.2) is 5.78 Å². The maximum Gasteiger partial charge on any atom is 0.164 e. The molecule has 3 aliphatic rings. The van der Waals surface area contributed by atoms with Gasteiger partial charge >= 0.3 is 0 Å². The van der Waals surface area contributed by atoms with Crippen LogP contribution in [0.4, 0.5) is 0 Å². The highest BCUT2D eigenvalue weighted by Crippen LogP contribution is 2.50. The van der Waals surface area contributed by atoms with Gasteiger partial charge in [0.05, 0.1) is 13.2 Å². The fourth-order valence-corrected chi connectivity index (χ4v) is 3.31. The number of hydrogen-bond donors (Lipinski definition) is 0. The van der Waals surface area contributed by atoms with Gasteiger partial charge in [-0.2, -0.15) is 0 Å². The van der Waals surface area contributed by atoms with Gasteiger partial charge in [-0.1, -0.05) is 13.8 Å². The van der Waals surface area contributed by atoms with E-state index >= 15 is 0 Å². The second-order valence-corrected chi connectivity index (χ2v) is 6.39. The quantitative estimate of drug-likeness (QED) is 0.634. The summed E-state index contributed by atoms with van der Waals surface area (Å²) in [4.78, 5) is 23.6. The fraction of sp³-hybridized carbons (Fsp3) is 0.846. The van der Waals surface area contributed by atoms with E-state index in [4.69, 9.17) is 9.47 Å². The molecule has 0 aromatic rings. The molecule has 3 rings (SSSR count). The van der Waals surface area contributed by atoms with Gasteiger partial charge in [0.2, 0.25) is 0 Å². The average Bonchev–Trinajstić information content (AvgIpc) is 2.58. The van der Waals surface area contributed by atoms with Gasteiger partial charge in [-0.25, -0.2) is 0 Å². The minimum atomic E-state index is -0.637. The summed E-state index contributed by atoms with van der Waals surface area (Å²) in [6, 6.07) is 0. The van der Waals surface area contributed by atoms with E-state index in [2.05, 4.69) is 13.8 Å². The second kappa shape index (κ2) is 3.39. The first kappa shape index (κ1) is 11.4. The Morgan fingerprint density at radius 1 is 1.18 bits per heavy atom. The zero-order valence-electron chi connectivity index (χ0n) is 10.3. The van der Waals surface area contributed by atoms with Crippen molar-refractivity contribution in [1.29, 1.82) is 0 Å². The number of carbonyl (C=O) groups excluding carboxylic acids is 2. The summed E-state index contributed by atoms with van der Waals surface area (Å²) in [5.74, 6) is 0.359. The molecule has 4 heteroatoms. The van der Waals surface area contributed by atoms with E-state index in [0.29, 0.717) is 32.5 Å². The Balaban J connectivity index is 1.96. The molecule has 4 nitrogen and oxygen atoms in total. The van der Waals surface area contributed by atoms with Gasteiger partial charge in [-0.3, -0.25) is 9.59 Å². The van der Waals surface area contributed by atoms with E-state index in [9.17, 15) is 9.59 Å². The lowest BCUT2D eigenvalue weighted by Crippen LogP contribution is -2.45. The summed E-state index contributed by atoms with van der Waals surface area (Å²) in [5.41, 5.74) is -0.725. The largest absolute Gasteiger partial charge is 0.370 e. The highest BCUT2D eigenvalue weighted by Gasteiger charge is 2.62. The van der Waals surface area contributed by atoms with E-state index in [-0.39, 0.29) is 22.9 Å². The summed E-state index contributed by atoms with van der Waals surface area (Å²) in [6.45, 7) is 5.19. The lowest BCUT2D eigenvalue weighted by atomic mass is 9.92. The minimum Gasteiger partial charge on any atom is -0.370 e. The molecule has 0 radical (unpaired) electrons. The highest BCUT2D eigenvalue weighted by atomic mass is 16.6. The van der Waals surface area contributed by atoms with Gasteiger partial charge in [0.1, 0.15) is 17.5 Å². The van der Waals surface area contributed by atoms with Crippen molar-refractivity contribution < 1.29 is 19.1 Å². The number of Topliss-reactive ketones (excluding diaryl/α,β-unsaturated/α-hetero) is 2. The molecule has 1 saturated heterocycles. The van der Waals surface area contributed by atoms with E-state index < -0.39 is 11.7 Å². The molecule has 0 amide bonds. The van der Waals surface area contributed by atoms with Crippen LogP contribution in [0.25, 0.3) is 0 Å². The van der Waals surface area contributed by atoms with Crippen LogP contribution < -0.4 is 0 Å². The number of ether oxygens (including phenoxy) is 2. The van der Waals surface area contributed by atoms with Crippen molar-refractivity contribution in [1.82, 2.24) is 0 Å². The Bertz CT molecular complexity index is 387. The zero-order valence-corrected chi connectivity index (χ0v) is 10.3. The highest BCUT2D eigenvalue weighted by molar-refractivity contribution is 5.94. The Labute approximate surface area is 101 Å². The molecule has 0 N–H and O–H groups in total. The molecule has 0 aromatic carbocycles. The van der Waals surface area contributed by atoms with Crippen molar-refractivity contribution in [3.05, 3.63) is 0 Å². The first-order valence-corrected chi connectivity index (χ1v) is 6.23. The third-order valence-electron chi connectivity index (χ3n) is 4.19. The molecule has 94 valence electrons. The molecule has 17 heavy (non-hydrogen) atoms. The smallest absolute Gasteiger partial charge is 0.164 e. The molecule has 2 aliphatic carbocycles. The van der Waals surface area contributed by atoms with Crippen molar-refractivity contribution in [3.63, 3.8) is 0 Å². The topological polar surface area (TPSA) is 52.6 Å². The normalized spacial score (nSPS) is 44.4. The van der Waals surface area contributed by atoms with Crippen LogP contribution in [0.15, 0.2) is 0 Å². The molecule has 2 saturated carbocycles. The molecule has 1 aliphatic heterocycles. The van der Waals surface area contributed by atoms with Gasteiger partial charge in [0, 0.05) is 30.6 Å².